The standard InChI is InChI=1S/C16H19N5O4/c22-13-12(15(23)18-5-6-21-7-9-25-10-8-21)19-14(20-16(13)24)11-3-1-2-4-17-11/h1-4,22H,5-10H2,(H,18,23)(H,19,20,24). The molecule has 1 aliphatic rings. The van der Waals surface area contributed by atoms with Gasteiger partial charge in [0.25, 0.3) is 11.5 Å². The van der Waals surface area contributed by atoms with Crippen molar-refractivity contribution >= 4 is 5.91 Å². The number of carbonyl (C=O) groups excluding carboxylic acids is 1. The van der Waals surface area contributed by atoms with E-state index in [1.165, 1.54) is 0 Å². The van der Waals surface area contributed by atoms with Crippen LogP contribution in [0, 0.1) is 0 Å². The number of H-pyrrole nitrogens is 1. The number of aromatic nitrogens is 3. The van der Waals surface area contributed by atoms with E-state index < -0.39 is 17.2 Å². The van der Waals surface area contributed by atoms with E-state index in [2.05, 4.69) is 25.2 Å². The van der Waals surface area contributed by atoms with E-state index in [1.807, 2.05) is 0 Å². The quantitative estimate of drug-likeness (QED) is 0.674. The number of aromatic hydroxyl groups is 1. The van der Waals surface area contributed by atoms with Crippen LogP contribution in [0.5, 0.6) is 5.75 Å². The first-order valence-corrected chi connectivity index (χ1v) is 7.98. The van der Waals surface area contributed by atoms with E-state index in [9.17, 15) is 14.7 Å². The highest BCUT2D eigenvalue weighted by Gasteiger charge is 2.19. The molecule has 2 aromatic heterocycles. The van der Waals surface area contributed by atoms with Gasteiger partial charge in [0.15, 0.2) is 11.5 Å². The van der Waals surface area contributed by atoms with Gasteiger partial charge in [-0.1, -0.05) is 6.07 Å². The van der Waals surface area contributed by atoms with E-state index in [0.29, 0.717) is 32.0 Å². The van der Waals surface area contributed by atoms with Crippen LogP contribution in [0.4, 0.5) is 0 Å². The summed E-state index contributed by atoms with van der Waals surface area (Å²) in [5.41, 5.74) is -0.692. The number of amides is 1. The predicted molar refractivity (Wildman–Crippen MR) is 89.3 cm³/mol. The van der Waals surface area contributed by atoms with Gasteiger partial charge in [0.05, 0.1) is 13.2 Å². The third-order valence-corrected chi connectivity index (χ3v) is 3.83. The summed E-state index contributed by atoms with van der Waals surface area (Å²) in [5.74, 6) is -1.18. The molecule has 132 valence electrons. The third kappa shape index (κ3) is 4.20. The second-order valence-corrected chi connectivity index (χ2v) is 5.54. The maximum atomic E-state index is 12.3. The number of hydrogen-bond acceptors (Lipinski definition) is 7. The molecule has 0 atom stereocenters. The molecule has 2 aromatic rings. The number of ether oxygens (including phenoxy) is 1. The molecule has 1 amide bonds. The van der Waals surface area contributed by atoms with Crippen molar-refractivity contribution in [1.82, 2.24) is 25.2 Å². The maximum Gasteiger partial charge on any atom is 0.294 e. The molecule has 0 aromatic carbocycles. The van der Waals surface area contributed by atoms with Crippen molar-refractivity contribution < 1.29 is 14.6 Å². The Morgan fingerprint density at radius 3 is 2.88 bits per heavy atom. The first-order chi connectivity index (χ1) is 12.1. The summed E-state index contributed by atoms with van der Waals surface area (Å²) >= 11 is 0. The van der Waals surface area contributed by atoms with Crippen LogP contribution in [-0.2, 0) is 4.74 Å². The average Bonchev–Trinajstić information content (AvgIpc) is 2.65. The summed E-state index contributed by atoms with van der Waals surface area (Å²) in [4.78, 5) is 36.9. The molecular weight excluding hydrogens is 326 g/mol. The Balaban J connectivity index is 1.71. The molecule has 1 aliphatic heterocycles. The summed E-state index contributed by atoms with van der Waals surface area (Å²) in [7, 11) is 0. The van der Waals surface area contributed by atoms with Crippen molar-refractivity contribution in [2.75, 3.05) is 39.4 Å². The van der Waals surface area contributed by atoms with Crippen LogP contribution in [0.25, 0.3) is 11.5 Å². The fraction of sp³-hybridized carbons (Fsp3) is 0.375. The molecule has 3 N–H and O–H groups in total. The zero-order valence-corrected chi connectivity index (χ0v) is 13.6. The Morgan fingerprint density at radius 1 is 1.36 bits per heavy atom. The first-order valence-electron chi connectivity index (χ1n) is 7.98. The largest absolute Gasteiger partial charge is 0.501 e. The highest BCUT2D eigenvalue weighted by Crippen LogP contribution is 2.14. The van der Waals surface area contributed by atoms with Crippen LogP contribution in [0.2, 0.25) is 0 Å². The fourth-order valence-electron chi connectivity index (χ4n) is 2.49. The number of aromatic amines is 1. The highest BCUT2D eigenvalue weighted by molar-refractivity contribution is 5.95. The number of morpholine rings is 1. The molecule has 1 saturated heterocycles. The van der Waals surface area contributed by atoms with E-state index in [1.54, 1.807) is 24.4 Å². The topological polar surface area (TPSA) is 120 Å². The van der Waals surface area contributed by atoms with Crippen LogP contribution < -0.4 is 10.9 Å². The molecule has 25 heavy (non-hydrogen) atoms. The highest BCUT2D eigenvalue weighted by atomic mass is 16.5. The third-order valence-electron chi connectivity index (χ3n) is 3.83. The van der Waals surface area contributed by atoms with Gasteiger partial charge >= 0.3 is 0 Å². The molecule has 3 heterocycles. The Labute approximate surface area is 143 Å². The Hall–Kier alpha value is -2.78. The van der Waals surface area contributed by atoms with Crippen LogP contribution >= 0.6 is 0 Å². The van der Waals surface area contributed by atoms with Gasteiger partial charge in [0, 0.05) is 32.4 Å². The molecule has 0 saturated carbocycles. The van der Waals surface area contributed by atoms with Crippen molar-refractivity contribution in [3.63, 3.8) is 0 Å². The summed E-state index contributed by atoms with van der Waals surface area (Å²) in [6.45, 7) is 4.02. The van der Waals surface area contributed by atoms with Crippen molar-refractivity contribution in [3.8, 4) is 17.3 Å². The molecule has 9 nitrogen and oxygen atoms in total. The minimum absolute atomic E-state index is 0.127. The number of rotatable bonds is 5. The molecule has 9 heteroatoms. The van der Waals surface area contributed by atoms with Crippen molar-refractivity contribution in [3.05, 3.63) is 40.4 Å². The zero-order valence-electron chi connectivity index (χ0n) is 13.6. The van der Waals surface area contributed by atoms with Crippen LogP contribution in [0.3, 0.4) is 0 Å². The molecule has 0 aliphatic carbocycles. The number of nitrogens with one attached hydrogen (secondary N) is 2. The number of carbonyl (C=O) groups is 1. The van der Waals surface area contributed by atoms with Gasteiger partial charge < -0.3 is 20.1 Å². The van der Waals surface area contributed by atoms with Gasteiger partial charge in [-0.2, -0.15) is 0 Å². The zero-order chi connectivity index (χ0) is 17.6. The van der Waals surface area contributed by atoms with Crippen molar-refractivity contribution in [2.24, 2.45) is 0 Å². The van der Waals surface area contributed by atoms with Gasteiger partial charge in [-0.3, -0.25) is 19.5 Å². The van der Waals surface area contributed by atoms with E-state index in [0.717, 1.165) is 13.1 Å². The molecule has 3 rings (SSSR count). The number of hydrogen-bond donors (Lipinski definition) is 3. The monoisotopic (exact) mass is 345 g/mol. The second kappa shape index (κ2) is 7.86. The minimum atomic E-state index is -0.783. The van der Waals surface area contributed by atoms with Gasteiger partial charge in [0.1, 0.15) is 5.69 Å². The van der Waals surface area contributed by atoms with E-state index in [4.69, 9.17) is 4.74 Å². The van der Waals surface area contributed by atoms with Gasteiger partial charge in [-0.15, -0.1) is 0 Å². The molecule has 0 spiro atoms. The lowest BCUT2D eigenvalue weighted by Gasteiger charge is -2.26. The Kier molecular flexibility index (Phi) is 5.36. The summed E-state index contributed by atoms with van der Waals surface area (Å²) < 4.78 is 5.26. The lowest BCUT2D eigenvalue weighted by molar-refractivity contribution is 0.0383. The van der Waals surface area contributed by atoms with Gasteiger partial charge in [-0.25, -0.2) is 4.98 Å². The summed E-state index contributed by atoms with van der Waals surface area (Å²) in [6.07, 6.45) is 1.55. The fourth-order valence-corrected chi connectivity index (χ4v) is 2.49. The number of pyridine rings is 1. The molecule has 0 radical (unpaired) electrons. The van der Waals surface area contributed by atoms with E-state index in [-0.39, 0.29) is 11.5 Å². The van der Waals surface area contributed by atoms with Crippen LogP contribution in [-0.4, -0.2) is 70.3 Å². The normalized spacial score (nSPS) is 15.0. The van der Waals surface area contributed by atoms with Crippen LogP contribution in [0.15, 0.2) is 29.2 Å². The molecule has 0 unspecified atom stereocenters. The average molecular weight is 345 g/mol. The summed E-state index contributed by atoms with van der Waals surface area (Å²) in [5, 5.41) is 12.5. The summed E-state index contributed by atoms with van der Waals surface area (Å²) in [6, 6.07) is 5.11. The predicted octanol–water partition coefficient (Wildman–Crippen LogP) is -0.400. The maximum absolute atomic E-state index is 12.3. The minimum Gasteiger partial charge on any atom is -0.501 e. The van der Waals surface area contributed by atoms with Gasteiger partial charge in [-0.05, 0) is 12.1 Å². The smallest absolute Gasteiger partial charge is 0.294 e. The lowest BCUT2D eigenvalue weighted by atomic mass is 10.3. The van der Waals surface area contributed by atoms with E-state index >= 15 is 0 Å². The second-order valence-electron chi connectivity index (χ2n) is 5.54. The van der Waals surface area contributed by atoms with Crippen LogP contribution in [0.1, 0.15) is 10.5 Å². The lowest BCUT2D eigenvalue weighted by Crippen LogP contribution is -2.41. The van der Waals surface area contributed by atoms with Gasteiger partial charge in [0.2, 0.25) is 5.75 Å². The number of nitrogens with zero attached hydrogens (tertiary/aromatic N) is 3. The Bertz CT molecular complexity index is 787. The van der Waals surface area contributed by atoms with Crippen molar-refractivity contribution in [1.29, 1.82) is 0 Å². The Morgan fingerprint density at radius 2 is 2.16 bits per heavy atom. The molecule has 0 bridgehead atoms. The molecular formula is C16H19N5O4. The van der Waals surface area contributed by atoms with Crippen molar-refractivity contribution in [2.45, 2.75) is 0 Å². The first kappa shape index (κ1) is 17.1. The molecule has 1 fully saturated rings. The SMILES string of the molecule is O=C(NCCN1CCOCC1)c1nc(-c2ccccn2)[nH]c(=O)c1O.